The summed E-state index contributed by atoms with van der Waals surface area (Å²) in [4.78, 5) is 11.2. The van der Waals surface area contributed by atoms with Gasteiger partial charge >= 0.3 is 5.97 Å². The Bertz CT molecular complexity index is 781. The second-order valence-electron chi connectivity index (χ2n) is 4.47. The Kier molecular flexibility index (Phi) is 3.20. The molecule has 0 saturated carbocycles. The lowest BCUT2D eigenvalue weighted by molar-refractivity contribution is -0.131. The van der Waals surface area contributed by atoms with Crippen LogP contribution >= 0.6 is 11.7 Å². The van der Waals surface area contributed by atoms with E-state index in [1.807, 2.05) is 43.3 Å². The van der Waals surface area contributed by atoms with Gasteiger partial charge in [0.05, 0.1) is 11.7 Å². The van der Waals surface area contributed by atoms with Crippen LogP contribution in [0, 0.1) is 6.92 Å². The fourth-order valence-electron chi connectivity index (χ4n) is 2.18. The molecule has 0 bridgehead atoms. The standard InChI is InChI=1S/C15H12N2O2S/c1-9-12(11-6-4-3-5-7-11)8-13(19-10(2)18)15-14(9)16-20-17-15/h3-8H,1-2H3. The molecule has 0 unspecified atom stereocenters. The highest BCUT2D eigenvalue weighted by atomic mass is 32.1. The highest BCUT2D eigenvalue weighted by Gasteiger charge is 2.16. The molecule has 0 radical (unpaired) electrons. The average Bonchev–Trinajstić information content (AvgIpc) is 2.92. The van der Waals surface area contributed by atoms with Crippen LogP contribution in [0.4, 0.5) is 0 Å². The smallest absolute Gasteiger partial charge is 0.308 e. The SMILES string of the molecule is CC(=O)Oc1cc(-c2ccccc2)c(C)c2nsnc12. The number of fused-ring (bicyclic) bond motifs is 1. The minimum absolute atomic E-state index is 0.359. The van der Waals surface area contributed by atoms with Gasteiger partial charge in [0, 0.05) is 6.92 Å². The van der Waals surface area contributed by atoms with E-state index in [9.17, 15) is 4.79 Å². The summed E-state index contributed by atoms with van der Waals surface area (Å²) >= 11 is 1.12. The van der Waals surface area contributed by atoms with Gasteiger partial charge in [-0.2, -0.15) is 8.75 Å². The van der Waals surface area contributed by atoms with E-state index in [0.717, 1.165) is 33.9 Å². The summed E-state index contributed by atoms with van der Waals surface area (Å²) in [5, 5.41) is 0. The molecule has 0 fully saturated rings. The van der Waals surface area contributed by atoms with Crippen LogP contribution in [-0.2, 0) is 4.79 Å². The molecule has 20 heavy (non-hydrogen) atoms. The number of aromatic nitrogens is 2. The van der Waals surface area contributed by atoms with Gasteiger partial charge in [-0.25, -0.2) is 0 Å². The third kappa shape index (κ3) is 2.16. The molecular weight excluding hydrogens is 272 g/mol. The zero-order chi connectivity index (χ0) is 14.1. The number of carbonyl (C=O) groups excluding carboxylic acids is 1. The average molecular weight is 284 g/mol. The third-order valence-electron chi connectivity index (χ3n) is 3.10. The highest BCUT2D eigenvalue weighted by Crippen LogP contribution is 2.35. The first-order valence-electron chi connectivity index (χ1n) is 6.16. The van der Waals surface area contributed by atoms with Crippen LogP contribution in [-0.4, -0.2) is 14.7 Å². The maximum atomic E-state index is 11.2. The number of ether oxygens (including phenoxy) is 1. The zero-order valence-electron chi connectivity index (χ0n) is 11.1. The Labute approximate surface area is 120 Å². The lowest BCUT2D eigenvalue weighted by Crippen LogP contribution is -2.02. The lowest BCUT2D eigenvalue weighted by Gasteiger charge is -2.10. The molecule has 0 N–H and O–H groups in total. The Morgan fingerprint density at radius 1 is 1.15 bits per heavy atom. The Morgan fingerprint density at radius 2 is 1.85 bits per heavy atom. The van der Waals surface area contributed by atoms with Crippen molar-refractivity contribution in [1.82, 2.24) is 8.75 Å². The van der Waals surface area contributed by atoms with Crippen molar-refractivity contribution < 1.29 is 9.53 Å². The molecule has 2 aromatic carbocycles. The van der Waals surface area contributed by atoms with Crippen LogP contribution in [0.1, 0.15) is 12.5 Å². The molecule has 3 rings (SSSR count). The molecule has 3 aromatic rings. The number of benzene rings is 2. The van der Waals surface area contributed by atoms with E-state index in [-0.39, 0.29) is 5.97 Å². The van der Waals surface area contributed by atoms with Crippen molar-refractivity contribution in [3.05, 3.63) is 42.0 Å². The molecule has 0 aliphatic heterocycles. The summed E-state index contributed by atoms with van der Waals surface area (Å²) in [6.07, 6.45) is 0. The number of rotatable bonds is 2. The van der Waals surface area contributed by atoms with Crippen molar-refractivity contribution >= 4 is 28.7 Å². The Morgan fingerprint density at radius 3 is 2.55 bits per heavy atom. The molecule has 4 nitrogen and oxygen atoms in total. The van der Waals surface area contributed by atoms with Crippen molar-refractivity contribution in [2.45, 2.75) is 13.8 Å². The summed E-state index contributed by atoms with van der Waals surface area (Å²) in [5.41, 5.74) is 4.53. The van der Waals surface area contributed by atoms with Crippen LogP contribution < -0.4 is 4.74 Å². The summed E-state index contributed by atoms with van der Waals surface area (Å²) in [6, 6.07) is 11.8. The molecule has 0 spiro atoms. The van der Waals surface area contributed by atoms with Crippen molar-refractivity contribution in [3.63, 3.8) is 0 Å². The number of hydrogen-bond donors (Lipinski definition) is 0. The number of nitrogens with zero attached hydrogens (tertiary/aromatic N) is 2. The van der Waals surface area contributed by atoms with Crippen LogP contribution in [0.15, 0.2) is 36.4 Å². The van der Waals surface area contributed by atoms with Crippen molar-refractivity contribution in [2.24, 2.45) is 0 Å². The second-order valence-corrected chi connectivity index (χ2v) is 5.00. The second kappa shape index (κ2) is 5.02. The number of aryl methyl sites for hydroxylation is 1. The van der Waals surface area contributed by atoms with Gasteiger partial charge in [0.2, 0.25) is 0 Å². The van der Waals surface area contributed by atoms with Crippen molar-refractivity contribution in [3.8, 4) is 16.9 Å². The fraction of sp³-hybridized carbons (Fsp3) is 0.133. The van der Waals surface area contributed by atoms with Crippen LogP contribution in [0.25, 0.3) is 22.2 Å². The van der Waals surface area contributed by atoms with E-state index < -0.39 is 0 Å². The number of esters is 1. The van der Waals surface area contributed by atoms with E-state index in [0.29, 0.717) is 11.3 Å². The molecule has 0 atom stereocenters. The Hall–Kier alpha value is -2.27. The molecule has 5 heteroatoms. The maximum absolute atomic E-state index is 11.2. The maximum Gasteiger partial charge on any atom is 0.308 e. The first-order chi connectivity index (χ1) is 9.66. The first kappa shape index (κ1) is 12.7. The highest BCUT2D eigenvalue weighted by molar-refractivity contribution is 7.00. The van der Waals surface area contributed by atoms with Crippen LogP contribution in [0.5, 0.6) is 5.75 Å². The zero-order valence-corrected chi connectivity index (χ0v) is 11.9. The molecule has 0 amide bonds. The minimum Gasteiger partial charge on any atom is -0.424 e. The molecule has 1 heterocycles. The predicted molar refractivity (Wildman–Crippen MR) is 78.9 cm³/mol. The van der Waals surface area contributed by atoms with E-state index in [1.54, 1.807) is 0 Å². The fourth-order valence-corrected chi connectivity index (χ4v) is 2.79. The van der Waals surface area contributed by atoms with Gasteiger partial charge in [0.25, 0.3) is 0 Å². The van der Waals surface area contributed by atoms with Gasteiger partial charge in [0.15, 0.2) is 5.75 Å². The lowest BCUT2D eigenvalue weighted by atomic mass is 9.99. The quantitative estimate of drug-likeness (QED) is 0.533. The van der Waals surface area contributed by atoms with Crippen molar-refractivity contribution in [2.75, 3.05) is 0 Å². The molecule has 0 aliphatic carbocycles. The van der Waals surface area contributed by atoms with Crippen LogP contribution in [0.2, 0.25) is 0 Å². The number of hydrogen-bond acceptors (Lipinski definition) is 5. The first-order valence-corrected chi connectivity index (χ1v) is 6.89. The van der Waals surface area contributed by atoms with Gasteiger partial charge in [-0.1, -0.05) is 30.3 Å². The van der Waals surface area contributed by atoms with Crippen molar-refractivity contribution in [1.29, 1.82) is 0 Å². The van der Waals surface area contributed by atoms with E-state index in [4.69, 9.17) is 4.74 Å². The van der Waals surface area contributed by atoms with Gasteiger partial charge in [-0.05, 0) is 29.7 Å². The predicted octanol–water partition coefficient (Wildman–Crippen LogP) is 3.59. The van der Waals surface area contributed by atoms with E-state index >= 15 is 0 Å². The summed E-state index contributed by atoms with van der Waals surface area (Å²) in [7, 11) is 0. The van der Waals surface area contributed by atoms with E-state index in [2.05, 4.69) is 8.75 Å². The summed E-state index contributed by atoms with van der Waals surface area (Å²) in [6.45, 7) is 3.39. The molecule has 100 valence electrons. The largest absolute Gasteiger partial charge is 0.424 e. The molecule has 0 saturated heterocycles. The third-order valence-corrected chi connectivity index (χ3v) is 3.62. The van der Waals surface area contributed by atoms with Gasteiger partial charge in [0.1, 0.15) is 11.0 Å². The van der Waals surface area contributed by atoms with Gasteiger partial charge in [-0.15, -0.1) is 0 Å². The molecule has 1 aromatic heterocycles. The van der Waals surface area contributed by atoms with E-state index in [1.165, 1.54) is 6.92 Å². The number of carbonyl (C=O) groups is 1. The summed E-state index contributed by atoms with van der Waals surface area (Å²) < 4.78 is 13.8. The molecular formula is C15H12N2O2S. The molecule has 0 aliphatic rings. The summed E-state index contributed by atoms with van der Waals surface area (Å²) in [5.74, 6) is 0.105. The Balaban J connectivity index is 2.27. The van der Waals surface area contributed by atoms with Gasteiger partial charge in [-0.3, -0.25) is 4.79 Å². The van der Waals surface area contributed by atoms with Crippen LogP contribution in [0.3, 0.4) is 0 Å². The normalized spacial score (nSPS) is 10.7. The monoisotopic (exact) mass is 284 g/mol. The topological polar surface area (TPSA) is 52.1 Å². The van der Waals surface area contributed by atoms with Gasteiger partial charge < -0.3 is 4.74 Å². The minimum atomic E-state index is -0.359.